The Morgan fingerprint density at radius 1 is 1.05 bits per heavy atom. The van der Waals surface area contributed by atoms with Gasteiger partial charge in [-0.25, -0.2) is 9.78 Å². The lowest BCUT2D eigenvalue weighted by Crippen LogP contribution is -2.49. The number of piperazine rings is 1. The third-order valence-corrected chi connectivity index (χ3v) is 8.34. The van der Waals surface area contributed by atoms with Crippen LogP contribution in [0.3, 0.4) is 0 Å². The third kappa shape index (κ3) is 6.05. The summed E-state index contributed by atoms with van der Waals surface area (Å²) in [5.74, 6) is 0.294. The van der Waals surface area contributed by atoms with Crippen LogP contribution in [0.4, 0.5) is 10.5 Å². The zero-order chi connectivity index (χ0) is 27.7. The van der Waals surface area contributed by atoms with E-state index in [-0.39, 0.29) is 27.6 Å². The van der Waals surface area contributed by atoms with Crippen LogP contribution in [0.1, 0.15) is 43.0 Å². The van der Waals surface area contributed by atoms with Gasteiger partial charge in [0.2, 0.25) is 0 Å². The second kappa shape index (κ2) is 11.5. The normalized spacial score (nSPS) is 20.2. The van der Waals surface area contributed by atoms with Crippen molar-refractivity contribution in [3.8, 4) is 17.0 Å². The van der Waals surface area contributed by atoms with Gasteiger partial charge < -0.3 is 20.4 Å². The fourth-order valence-electron chi connectivity index (χ4n) is 5.53. The largest absolute Gasteiger partial charge is 0.505 e. The molecule has 1 saturated carbocycles. The third-order valence-electron chi connectivity index (χ3n) is 7.76. The molecule has 39 heavy (non-hydrogen) atoms. The summed E-state index contributed by atoms with van der Waals surface area (Å²) in [6.07, 6.45) is 4.79. The number of nitrogens with one attached hydrogen (secondary N) is 1. The number of hydrogen-bond acceptors (Lipinski definition) is 7. The van der Waals surface area contributed by atoms with Gasteiger partial charge in [0.25, 0.3) is 0 Å². The van der Waals surface area contributed by atoms with Crippen LogP contribution in [0.2, 0.25) is 10.0 Å². The number of aromatic nitrogens is 2. The number of carboxylic acid groups (broad SMARTS) is 1. The molecule has 1 aliphatic heterocycles. The van der Waals surface area contributed by atoms with Gasteiger partial charge in [0.15, 0.2) is 11.5 Å². The molecule has 0 atom stereocenters. The Kier molecular flexibility index (Phi) is 8.11. The summed E-state index contributed by atoms with van der Waals surface area (Å²) in [7, 11) is 0. The summed E-state index contributed by atoms with van der Waals surface area (Å²) >= 11 is 12.3. The predicted octanol–water partition coefficient (Wildman–Crippen LogP) is 5.78. The maximum absolute atomic E-state index is 12.6. The van der Waals surface area contributed by atoms with E-state index in [0.29, 0.717) is 52.5 Å². The Bertz CT molecular complexity index is 1380. The molecule has 1 aliphatic carbocycles. The number of carbonyl (C=O) groups excluding carboxylic acids is 1. The molecule has 11 heteroatoms. The highest BCUT2D eigenvalue weighted by molar-refractivity contribution is 6.37. The maximum Gasteiger partial charge on any atom is 0.407 e. The van der Waals surface area contributed by atoms with E-state index in [0.717, 1.165) is 45.3 Å². The number of nitrogens with zero attached hydrogens (tertiary/aromatic N) is 4. The second-order valence-electron chi connectivity index (χ2n) is 10.4. The van der Waals surface area contributed by atoms with E-state index in [2.05, 4.69) is 15.2 Å². The molecule has 0 unspecified atom stereocenters. The quantitative estimate of drug-likeness (QED) is 0.318. The summed E-state index contributed by atoms with van der Waals surface area (Å²) < 4.78 is 0. The first-order valence-electron chi connectivity index (χ1n) is 13.2. The molecule has 3 aromatic rings. The molecule has 0 spiro atoms. The fraction of sp³-hybridized carbons (Fsp3) is 0.429. The standard InChI is InChI=1S/C28H31Cl2N5O4/c1-16(36)20-14-31-24-7-6-23(18-12-21(29)27(37)22(30)13-18)33-26(24)25(20)32-19-4-2-17(3-5-19)15-34-8-10-35(11-9-34)28(38)39/h6-7,12-14,17,19,37H,2-5,8-11,15H2,1H3,(H,31,32)(H,38,39). The average molecular weight is 572 g/mol. The molecule has 0 bridgehead atoms. The summed E-state index contributed by atoms with van der Waals surface area (Å²) in [6.45, 7) is 5.19. The van der Waals surface area contributed by atoms with Crippen molar-refractivity contribution in [3.05, 3.63) is 46.1 Å². The smallest absolute Gasteiger partial charge is 0.407 e. The molecule has 1 aromatic carbocycles. The average Bonchev–Trinajstić information content (AvgIpc) is 2.92. The lowest BCUT2D eigenvalue weighted by Gasteiger charge is -2.37. The van der Waals surface area contributed by atoms with E-state index in [1.165, 1.54) is 11.8 Å². The Morgan fingerprint density at radius 2 is 1.72 bits per heavy atom. The zero-order valence-electron chi connectivity index (χ0n) is 21.7. The van der Waals surface area contributed by atoms with Crippen molar-refractivity contribution in [1.29, 1.82) is 0 Å². The molecular formula is C28H31Cl2N5O4. The topological polar surface area (TPSA) is 119 Å². The van der Waals surface area contributed by atoms with Crippen molar-refractivity contribution >= 4 is 51.8 Å². The van der Waals surface area contributed by atoms with Crippen LogP contribution >= 0.6 is 23.2 Å². The van der Waals surface area contributed by atoms with Gasteiger partial charge in [0.05, 0.1) is 32.5 Å². The summed E-state index contributed by atoms with van der Waals surface area (Å²) in [5.41, 5.74) is 3.68. The predicted molar refractivity (Wildman–Crippen MR) is 152 cm³/mol. The Labute approximate surface area is 236 Å². The Morgan fingerprint density at radius 3 is 2.33 bits per heavy atom. The van der Waals surface area contributed by atoms with Crippen LogP contribution in [-0.4, -0.2) is 80.6 Å². The van der Waals surface area contributed by atoms with Crippen LogP contribution in [0, 0.1) is 5.92 Å². The number of rotatable bonds is 6. The van der Waals surface area contributed by atoms with Crippen LogP contribution in [0.15, 0.2) is 30.5 Å². The van der Waals surface area contributed by atoms with E-state index in [1.54, 1.807) is 18.3 Å². The minimum Gasteiger partial charge on any atom is -0.505 e. The number of amides is 1. The number of phenolic OH excluding ortho intramolecular Hbond substituents is 1. The van der Waals surface area contributed by atoms with Gasteiger partial charge in [0.1, 0.15) is 5.52 Å². The van der Waals surface area contributed by atoms with Gasteiger partial charge in [-0.1, -0.05) is 23.2 Å². The molecule has 2 fully saturated rings. The van der Waals surface area contributed by atoms with Gasteiger partial charge in [-0.2, -0.15) is 0 Å². The molecule has 1 saturated heterocycles. The van der Waals surface area contributed by atoms with Gasteiger partial charge in [-0.15, -0.1) is 0 Å². The number of pyridine rings is 2. The van der Waals surface area contributed by atoms with Crippen LogP contribution < -0.4 is 5.32 Å². The first-order chi connectivity index (χ1) is 18.7. The molecule has 3 N–H and O–H groups in total. The highest BCUT2D eigenvalue weighted by Gasteiger charge is 2.27. The second-order valence-corrected chi connectivity index (χ2v) is 11.2. The molecule has 1 amide bonds. The number of anilines is 1. The highest BCUT2D eigenvalue weighted by atomic mass is 35.5. The van der Waals surface area contributed by atoms with Crippen molar-refractivity contribution in [1.82, 2.24) is 19.8 Å². The van der Waals surface area contributed by atoms with E-state index in [9.17, 15) is 19.8 Å². The maximum atomic E-state index is 12.6. The summed E-state index contributed by atoms with van der Waals surface area (Å²) in [4.78, 5) is 36.9. The number of aromatic hydroxyl groups is 1. The van der Waals surface area contributed by atoms with Crippen molar-refractivity contribution in [2.75, 3.05) is 38.0 Å². The molecule has 2 aliphatic rings. The monoisotopic (exact) mass is 571 g/mol. The highest BCUT2D eigenvalue weighted by Crippen LogP contribution is 2.37. The summed E-state index contributed by atoms with van der Waals surface area (Å²) in [5, 5.41) is 23.0. The number of halogens is 2. The van der Waals surface area contributed by atoms with E-state index in [4.69, 9.17) is 28.2 Å². The van der Waals surface area contributed by atoms with E-state index >= 15 is 0 Å². The van der Waals surface area contributed by atoms with E-state index < -0.39 is 6.09 Å². The first-order valence-corrected chi connectivity index (χ1v) is 13.9. The lowest BCUT2D eigenvalue weighted by atomic mass is 9.85. The van der Waals surface area contributed by atoms with Gasteiger partial charge >= 0.3 is 6.09 Å². The minimum atomic E-state index is -0.841. The van der Waals surface area contributed by atoms with Crippen LogP contribution in [0.25, 0.3) is 22.3 Å². The molecule has 3 heterocycles. The van der Waals surface area contributed by atoms with E-state index in [1.807, 2.05) is 12.1 Å². The number of hydrogen-bond donors (Lipinski definition) is 3. The summed E-state index contributed by atoms with van der Waals surface area (Å²) in [6, 6.07) is 7.07. The molecular weight excluding hydrogens is 541 g/mol. The number of carbonyl (C=O) groups is 2. The molecule has 0 radical (unpaired) electrons. The zero-order valence-corrected chi connectivity index (χ0v) is 23.2. The molecule has 206 valence electrons. The molecule has 5 rings (SSSR count). The Hall–Kier alpha value is -3.14. The number of benzene rings is 1. The van der Waals surface area contributed by atoms with Crippen molar-refractivity contribution < 1.29 is 19.8 Å². The minimum absolute atomic E-state index is 0.0935. The lowest BCUT2D eigenvalue weighted by molar-refractivity contribution is 0.0936. The van der Waals surface area contributed by atoms with Gasteiger partial charge in [-0.05, 0) is 62.8 Å². The molecule has 2 aromatic heterocycles. The SMILES string of the molecule is CC(=O)c1cnc2ccc(-c3cc(Cl)c(O)c(Cl)c3)nc2c1NC1CCC(CN2CCN(C(=O)O)CC2)CC1. The van der Waals surface area contributed by atoms with Crippen molar-refractivity contribution in [3.63, 3.8) is 0 Å². The number of Topliss-reactive ketones (excluding diaryl/α,β-unsaturated/α-hetero) is 1. The Balaban J connectivity index is 1.32. The van der Waals surface area contributed by atoms with Crippen LogP contribution in [0.5, 0.6) is 5.75 Å². The fourth-order valence-corrected chi connectivity index (χ4v) is 6.02. The first kappa shape index (κ1) is 27.4. The van der Waals surface area contributed by atoms with Gasteiger partial charge in [-0.3, -0.25) is 14.7 Å². The van der Waals surface area contributed by atoms with Crippen molar-refractivity contribution in [2.24, 2.45) is 5.92 Å². The van der Waals surface area contributed by atoms with Gasteiger partial charge in [0, 0.05) is 50.5 Å². The molecule has 9 nitrogen and oxygen atoms in total. The van der Waals surface area contributed by atoms with Crippen LogP contribution in [-0.2, 0) is 0 Å². The van der Waals surface area contributed by atoms with Crippen molar-refractivity contribution in [2.45, 2.75) is 38.6 Å². The number of phenols is 1. The number of fused-ring (bicyclic) bond motifs is 1. The number of ketones is 1.